The van der Waals surface area contributed by atoms with E-state index in [0.29, 0.717) is 0 Å². The Morgan fingerprint density at radius 2 is 0.455 bits per heavy atom. The summed E-state index contributed by atoms with van der Waals surface area (Å²) in [6, 6.07) is 0. The summed E-state index contributed by atoms with van der Waals surface area (Å²) >= 11 is 0. The predicted octanol–water partition coefficient (Wildman–Crippen LogP) is 10.7. The van der Waals surface area contributed by atoms with Gasteiger partial charge in [0.2, 0.25) is 0 Å². The lowest BCUT2D eigenvalue weighted by Crippen LogP contribution is -1.80. The van der Waals surface area contributed by atoms with Crippen LogP contribution in [0.25, 0.3) is 0 Å². The van der Waals surface area contributed by atoms with E-state index in [-0.39, 0.29) is 26.4 Å². The summed E-state index contributed by atoms with van der Waals surface area (Å²) in [5, 5.41) is 34.2. The first-order valence-electron chi connectivity index (χ1n) is 16.3. The van der Waals surface area contributed by atoms with Crippen LogP contribution in [0, 0.1) is 0 Å². The van der Waals surface area contributed by atoms with E-state index in [1.165, 1.54) is 44.6 Å². The molecule has 0 aliphatic heterocycles. The lowest BCUT2D eigenvalue weighted by molar-refractivity contribution is 0.341. The van der Waals surface area contributed by atoms with Crippen molar-refractivity contribution in [1.82, 2.24) is 0 Å². The Hall–Kier alpha value is -2.24. The van der Waals surface area contributed by atoms with Crippen molar-refractivity contribution in [3.05, 3.63) is 93.2 Å². The van der Waals surface area contributed by atoms with E-state index < -0.39 is 0 Å². The molecule has 4 nitrogen and oxygen atoms in total. The van der Waals surface area contributed by atoms with Crippen LogP contribution < -0.4 is 0 Å². The molecule has 0 rings (SSSR count). The largest absolute Gasteiger partial charge is 0.392 e. The maximum absolute atomic E-state index is 8.55. The molecule has 0 heterocycles. The van der Waals surface area contributed by atoms with Crippen molar-refractivity contribution < 1.29 is 20.4 Å². The molecule has 4 heteroatoms. The van der Waals surface area contributed by atoms with Gasteiger partial charge < -0.3 is 20.4 Å². The Bertz CT molecular complexity index is 753. The van der Waals surface area contributed by atoms with E-state index in [4.69, 9.17) is 20.4 Å². The van der Waals surface area contributed by atoms with Gasteiger partial charge in [-0.15, -0.1) is 0 Å². The molecule has 4 N–H and O–H groups in total. The highest BCUT2D eigenvalue weighted by Gasteiger charge is 1.89. The number of hydrogen-bond acceptors (Lipinski definition) is 4. The van der Waals surface area contributed by atoms with Crippen LogP contribution in [-0.2, 0) is 0 Å². The van der Waals surface area contributed by atoms with Gasteiger partial charge in [0.25, 0.3) is 0 Å². The summed E-state index contributed by atoms with van der Waals surface area (Å²) < 4.78 is 0. The number of allylic oxidation sites excluding steroid dienone is 12. The smallest absolute Gasteiger partial charge is 0.0614 e. The third-order valence-corrected chi connectivity index (χ3v) is 6.12. The van der Waals surface area contributed by atoms with Crippen molar-refractivity contribution >= 4 is 0 Å². The Morgan fingerprint density at radius 3 is 0.568 bits per heavy atom. The molecular weight excluding hydrogens is 544 g/mol. The molecule has 0 bridgehead atoms. The molecule has 0 aromatic carbocycles. The second-order valence-corrected chi connectivity index (χ2v) is 12.2. The van der Waals surface area contributed by atoms with Gasteiger partial charge in [0.15, 0.2) is 0 Å². The fourth-order valence-electron chi connectivity index (χ4n) is 3.39. The van der Waals surface area contributed by atoms with E-state index in [2.05, 4.69) is 107 Å². The van der Waals surface area contributed by atoms with Crippen molar-refractivity contribution in [1.29, 1.82) is 0 Å². The minimum absolute atomic E-state index is 0.167. The van der Waals surface area contributed by atoms with E-state index >= 15 is 0 Å². The fraction of sp³-hybridized carbons (Fsp3) is 0.600. The third-order valence-electron chi connectivity index (χ3n) is 6.12. The number of aliphatic hydroxyl groups excluding tert-OH is 4. The molecule has 0 atom stereocenters. The quantitative estimate of drug-likeness (QED) is 0.130. The van der Waals surface area contributed by atoms with Gasteiger partial charge in [-0.25, -0.2) is 0 Å². The molecule has 0 aliphatic rings. The van der Waals surface area contributed by atoms with Gasteiger partial charge in [-0.3, -0.25) is 0 Å². The molecule has 0 aliphatic carbocycles. The summed E-state index contributed by atoms with van der Waals surface area (Å²) in [4.78, 5) is 0. The van der Waals surface area contributed by atoms with Crippen molar-refractivity contribution in [3.8, 4) is 0 Å². The van der Waals surface area contributed by atoms with Crippen LogP contribution in [-0.4, -0.2) is 46.9 Å². The second-order valence-electron chi connectivity index (χ2n) is 12.2. The minimum atomic E-state index is 0.167. The molecule has 0 saturated carbocycles. The average molecular weight is 617 g/mol. The van der Waals surface area contributed by atoms with E-state index in [1.54, 1.807) is 0 Å². The standard InChI is InChI=1S/4C10H18O/c4*1-9(2)5-4-6-10(3)7-8-11/h4*5,7,11H,4,6,8H2,1-3H3. The normalized spacial score (nSPS) is 11.5. The van der Waals surface area contributed by atoms with Gasteiger partial charge in [0.1, 0.15) is 0 Å². The molecule has 0 amide bonds. The SMILES string of the molecule is CC(C)=CCCC(C)=CCO.CC(C)=CCCC(C)=CCO.CC(C)=CCCC(C)=CCO.CC(C)=CCCC(C)=CCO. The zero-order valence-electron chi connectivity index (χ0n) is 30.9. The summed E-state index contributed by atoms with van der Waals surface area (Å²) in [6.07, 6.45) is 24.9. The van der Waals surface area contributed by atoms with Crippen LogP contribution in [0.2, 0.25) is 0 Å². The van der Waals surface area contributed by atoms with Gasteiger partial charge in [0.05, 0.1) is 26.4 Å². The molecule has 256 valence electrons. The average Bonchev–Trinajstić information content (AvgIpc) is 2.90. The highest BCUT2D eigenvalue weighted by molar-refractivity contribution is 5.04. The van der Waals surface area contributed by atoms with E-state index in [0.717, 1.165) is 51.4 Å². The third kappa shape index (κ3) is 52.4. The Kier molecular flexibility index (Phi) is 40.9. The Labute approximate surface area is 274 Å². The first-order valence-corrected chi connectivity index (χ1v) is 16.3. The van der Waals surface area contributed by atoms with Crippen LogP contribution in [0.1, 0.15) is 134 Å². The lowest BCUT2D eigenvalue weighted by Gasteiger charge is -1.96. The molecule has 0 aromatic heterocycles. The maximum atomic E-state index is 8.55. The van der Waals surface area contributed by atoms with Crippen LogP contribution in [0.3, 0.4) is 0 Å². The van der Waals surface area contributed by atoms with Gasteiger partial charge in [-0.05, 0) is 134 Å². The number of hydrogen-bond donors (Lipinski definition) is 4. The monoisotopic (exact) mass is 617 g/mol. The van der Waals surface area contributed by atoms with Crippen molar-refractivity contribution in [2.24, 2.45) is 0 Å². The van der Waals surface area contributed by atoms with Gasteiger partial charge in [0, 0.05) is 0 Å². The Balaban J connectivity index is -0.000000242. The van der Waals surface area contributed by atoms with Gasteiger partial charge in [-0.1, -0.05) is 93.2 Å². The zero-order valence-corrected chi connectivity index (χ0v) is 30.9. The van der Waals surface area contributed by atoms with Gasteiger partial charge >= 0.3 is 0 Å². The minimum Gasteiger partial charge on any atom is -0.392 e. The first-order chi connectivity index (χ1) is 20.7. The lowest BCUT2D eigenvalue weighted by atomic mass is 10.1. The van der Waals surface area contributed by atoms with Crippen molar-refractivity contribution in [2.45, 2.75) is 134 Å². The molecule has 0 saturated heterocycles. The van der Waals surface area contributed by atoms with Crippen LogP contribution in [0.15, 0.2) is 93.2 Å². The molecular formula is C40H72O4. The summed E-state index contributed by atoms with van der Waals surface area (Å²) in [5.41, 5.74) is 10.5. The van der Waals surface area contributed by atoms with Gasteiger partial charge in [-0.2, -0.15) is 0 Å². The van der Waals surface area contributed by atoms with Crippen molar-refractivity contribution in [3.63, 3.8) is 0 Å². The highest BCUT2D eigenvalue weighted by Crippen LogP contribution is 2.08. The van der Waals surface area contributed by atoms with Crippen LogP contribution >= 0.6 is 0 Å². The first kappa shape index (κ1) is 48.7. The molecule has 44 heavy (non-hydrogen) atoms. The molecule has 0 spiro atoms. The number of aliphatic hydroxyl groups is 4. The zero-order chi connectivity index (χ0) is 34.8. The van der Waals surface area contributed by atoms with E-state index in [9.17, 15) is 0 Å². The van der Waals surface area contributed by atoms with Crippen LogP contribution in [0.4, 0.5) is 0 Å². The highest BCUT2D eigenvalue weighted by atomic mass is 16.3. The summed E-state index contributed by atoms with van der Waals surface area (Å²) in [7, 11) is 0. The molecule has 0 aromatic rings. The predicted molar refractivity (Wildman–Crippen MR) is 198 cm³/mol. The van der Waals surface area contributed by atoms with Crippen LogP contribution in [0.5, 0.6) is 0 Å². The number of rotatable bonds is 16. The summed E-state index contributed by atoms with van der Waals surface area (Å²) in [6.45, 7) is 25.7. The molecule has 0 fully saturated rings. The molecule has 0 unspecified atom stereocenters. The topological polar surface area (TPSA) is 80.9 Å². The summed E-state index contributed by atoms with van der Waals surface area (Å²) in [5.74, 6) is 0. The van der Waals surface area contributed by atoms with E-state index in [1.807, 2.05) is 24.3 Å². The molecule has 0 radical (unpaired) electrons. The fourth-order valence-corrected chi connectivity index (χ4v) is 3.39. The van der Waals surface area contributed by atoms with Crippen molar-refractivity contribution in [2.75, 3.05) is 26.4 Å². The Morgan fingerprint density at radius 1 is 0.295 bits per heavy atom. The second kappa shape index (κ2) is 36.9. The maximum Gasteiger partial charge on any atom is 0.0614 e.